The molecular weight excluding hydrogens is 356 g/mol. The molecule has 0 N–H and O–H groups in total. The Hall–Kier alpha value is -2.83. The molecule has 1 aromatic heterocycles. The van der Waals surface area contributed by atoms with Gasteiger partial charge >= 0.3 is 0 Å². The predicted molar refractivity (Wildman–Crippen MR) is 102 cm³/mol. The maximum absolute atomic E-state index is 13.0. The topological polar surface area (TPSA) is 67.7 Å². The number of benzene rings is 1. The summed E-state index contributed by atoms with van der Waals surface area (Å²) in [5, 5.41) is 0. The van der Waals surface area contributed by atoms with E-state index in [-0.39, 0.29) is 17.9 Å². The highest BCUT2D eigenvalue weighted by Crippen LogP contribution is 2.34. The van der Waals surface area contributed by atoms with Crippen LogP contribution in [0.1, 0.15) is 39.3 Å². The molecule has 0 saturated carbocycles. The van der Waals surface area contributed by atoms with E-state index < -0.39 is 0 Å². The van der Waals surface area contributed by atoms with Crippen LogP contribution in [-0.2, 0) is 13.5 Å². The fraction of sp³-hybridized carbons (Fsp3) is 0.476. The summed E-state index contributed by atoms with van der Waals surface area (Å²) in [7, 11) is 1.86. The number of piperidine rings is 1. The van der Waals surface area contributed by atoms with E-state index in [9.17, 15) is 9.59 Å². The first kappa shape index (κ1) is 17.3. The first-order chi connectivity index (χ1) is 13.6. The van der Waals surface area contributed by atoms with E-state index in [2.05, 4.69) is 4.98 Å². The Morgan fingerprint density at radius 1 is 1.21 bits per heavy atom. The van der Waals surface area contributed by atoms with Gasteiger partial charge in [0, 0.05) is 50.4 Å². The summed E-state index contributed by atoms with van der Waals surface area (Å²) in [5.41, 5.74) is 2.36. The maximum Gasteiger partial charge on any atom is 0.274 e. The van der Waals surface area contributed by atoms with Crippen molar-refractivity contribution in [2.45, 2.75) is 25.3 Å². The average Bonchev–Trinajstić information content (AvgIpc) is 3.14. The zero-order valence-corrected chi connectivity index (χ0v) is 16.0. The molecule has 7 heteroatoms. The average molecular weight is 380 g/mol. The molecule has 0 radical (unpaired) electrons. The minimum atomic E-state index is -0.00341. The van der Waals surface area contributed by atoms with E-state index in [1.54, 1.807) is 17.1 Å². The Kier molecular flexibility index (Phi) is 4.10. The van der Waals surface area contributed by atoms with Crippen molar-refractivity contribution in [2.75, 3.05) is 26.2 Å². The smallest absolute Gasteiger partial charge is 0.274 e. The lowest BCUT2D eigenvalue weighted by Crippen LogP contribution is -2.65. The fourth-order valence-electron chi connectivity index (χ4n) is 4.62. The molecule has 2 amide bonds. The molecule has 0 spiro atoms. The second-order valence-electron chi connectivity index (χ2n) is 8.02. The first-order valence-electron chi connectivity index (χ1n) is 9.94. The van der Waals surface area contributed by atoms with Crippen LogP contribution in [0.2, 0.25) is 0 Å². The predicted octanol–water partition coefficient (Wildman–Crippen LogP) is 1.73. The molecule has 2 atom stereocenters. The molecule has 3 aliphatic rings. The normalized spacial score (nSPS) is 23.3. The molecule has 0 bridgehead atoms. The molecule has 1 aromatic carbocycles. The first-order valence-corrected chi connectivity index (χ1v) is 9.94. The van der Waals surface area contributed by atoms with Crippen LogP contribution in [-0.4, -0.2) is 63.4 Å². The summed E-state index contributed by atoms with van der Waals surface area (Å²) < 4.78 is 7.43. The van der Waals surface area contributed by atoms with Gasteiger partial charge in [-0.15, -0.1) is 0 Å². The van der Waals surface area contributed by atoms with Crippen molar-refractivity contribution in [3.63, 3.8) is 0 Å². The van der Waals surface area contributed by atoms with E-state index in [4.69, 9.17) is 4.74 Å². The van der Waals surface area contributed by atoms with Crippen LogP contribution in [0.3, 0.4) is 0 Å². The zero-order valence-electron chi connectivity index (χ0n) is 16.0. The van der Waals surface area contributed by atoms with E-state index >= 15 is 0 Å². The van der Waals surface area contributed by atoms with Crippen molar-refractivity contribution >= 4 is 11.8 Å². The molecule has 4 heterocycles. The number of rotatable bonds is 2. The summed E-state index contributed by atoms with van der Waals surface area (Å²) >= 11 is 0. The largest absolute Gasteiger partial charge is 0.493 e. The maximum atomic E-state index is 13.0. The molecule has 2 unspecified atom stereocenters. The third-order valence-electron chi connectivity index (χ3n) is 6.15. The van der Waals surface area contributed by atoms with Crippen LogP contribution in [0.15, 0.2) is 30.7 Å². The van der Waals surface area contributed by atoms with Gasteiger partial charge in [-0.1, -0.05) is 0 Å². The Morgan fingerprint density at radius 3 is 2.89 bits per heavy atom. The van der Waals surface area contributed by atoms with Crippen LogP contribution in [0.4, 0.5) is 0 Å². The lowest BCUT2D eigenvalue weighted by Gasteiger charge is -2.53. The van der Waals surface area contributed by atoms with Gasteiger partial charge in [0.25, 0.3) is 11.8 Å². The number of ether oxygens (including phenoxy) is 1. The monoisotopic (exact) mass is 380 g/mol. The quantitative estimate of drug-likeness (QED) is 0.796. The lowest BCUT2D eigenvalue weighted by molar-refractivity contribution is -0.0229. The van der Waals surface area contributed by atoms with Crippen molar-refractivity contribution in [3.05, 3.63) is 47.5 Å². The van der Waals surface area contributed by atoms with Crippen molar-refractivity contribution in [3.8, 4) is 5.75 Å². The molecule has 0 aliphatic carbocycles. The van der Waals surface area contributed by atoms with Gasteiger partial charge in [-0.25, -0.2) is 4.98 Å². The molecule has 28 heavy (non-hydrogen) atoms. The highest BCUT2D eigenvalue weighted by molar-refractivity contribution is 5.95. The second-order valence-corrected chi connectivity index (χ2v) is 8.02. The summed E-state index contributed by atoms with van der Waals surface area (Å²) in [5.74, 6) is 1.34. The Bertz CT molecular complexity index is 937. The number of hydrogen-bond donors (Lipinski definition) is 0. The molecule has 3 aliphatic heterocycles. The van der Waals surface area contributed by atoms with Gasteiger partial charge in [-0.2, -0.15) is 0 Å². The van der Waals surface area contributed by atoms with E-state index in [0.717, 1.165) is 42.7 Å². The van der Waals surface area contributed by atoms with Crippen molar-refractivity contribution in [2.24, 2.45) is 13.0 Å². The minimum Gasteiger partial charge on any atom is -0.493 e. The number of fused-ring (bicyclic) bond motifs is 2. The van der Waals surface area contributed by atoms with Crippen LogP contribution in [0, 0.1) is 5.92 Å². The molecule has 146 valence electrons. The zero-order chi connectivity index (χ0) is 19.3. The number of likely N-dealkylation sites (tertiary alicyclic amines) is 2. The highest BCUT2D eigenvalue weighted by atomic mass is 16.5. The van der Waals surface area contributed by atoms with Gasteiger partial charge in [0.05, 0.1) is 12.9 Å². The lowest BCUT2D eigenvalue weighted by atomic mass is 9.82. The number of carbonyl (C=O) groups is 2. The van der Waals surface area contributed by atoms with E-state index in [1.807, 2.05) is 35.0 Å². The fourth-order valence-corrected chi connectivity index (χ4v) is 4.62. The van der Waals surface area contributed by atoms with Crippen LogP contribution >= 0.6 is 0 Å². The SMILES string of the molecule is Cn1cnc(C(=O)N2CC3CN(C(=O)c4ccc5c(c4)CCCO5)CCC32)c1. The van der Waals surface area contributed by atoms with Crippen molar-refractivity contribution < 1.29 is 14.3 Å². The summed E-state index contributed by atoms with van der Waals surface area (Å²) in [6, 6.07) is 6.00. The van der Waals surface area contributed by atoms with E-state index in [1.165, 1.54) is 0 Å². The van der Waals surface area contributed by atoms with Gasteiger partial charge in [0.2, 0.25) is 0 Å². The van der Waals surface area contributed by atoms with Crippen molar-refractivity contribution in [1.82, 2.24) is 19.4 Å². The van der Waals surface area contributed by atoms with E-state index in [0.29, 0.717) is 31.2 Å². The Morgan fingerprint density at radius 2 is 2.11 bits per heavy atom. The van der Waals surface area contributed by atoms with Gasteiger partial charge < -0.3 is 19.1 Å². The molecule has 2 fully saturated rings. The molecular formula is C21H24N4O3. The minimum absolute atomic E-state index is 0.00341. The highest BCUT2D eigenvalue weighted by Gasteiger charge is 2.46. The third-order valence-corrected chi connectivity index (χ3v) is 6.15. The molecule has 2 aromatic rings. The third kappa shape index (κ3) is 2.85. The standard InChI is InChI=1S/C21H24N4O3/c1-23-12-17(22-13-23)21(27)25-11-16-10-24(7-6-18(16)25)20(26)15-4-5-19-14(9-15)3-2-8-28-19/h4-5,9,12-13,16,18H,2-3,6-8,10-11H2,1H3. The number of aryl methyl sites for hydroxylation is 2. The second kappa shape index (κ2) is 6.65. The summed E-state index contributed by atoms with van der Waals surface area (Å²) in [4.78, 5) is 33.6. The Labute approximate surface area is 163 Å². The molecule has 2 saturated heterocycles. The van der Waals surface area contributed by atoms with Gasteiger partial charge in [-0.3, -0.25) is 9.59 Å². The number of nitrogens with zero attached hydrogens (tertiary/aromatic N) is 4. The Balaban J connectivity index is 1.24. The van der Waals surface area contributed by atoms with Gasteiger partial charge in [-0.05, 0) is 43.0 Å². The number of carbonyl (C=O) groups excluding carboxylic acids is 2. The van der Waals surface area contributed by atoms with Crippen LogP contribution in [0.25, 0.3) is 0 Å². The van der Waals surface area contributed by atoms with Gasteiger partial charge in [0.1, 0.15) is 11.4 Å². The van der Waals surface area contributed by atoms with Crippen LogP contribution < -0.4 is 4.74 Å². The number of aromatic nitrogens is 2. The van der Waals surface area contributed by atoms with Gasteiger partial charge in [0.15, 0.2) is 0 Å². The summed E-state index contributed by atoms with van der Waals surface area (Å²) in [6.07, 6.45) is 6.19. The number of imidazole rings is 1. The molecule has 5 rings (SSSR count). The van der Waals surface area contributed by atoms with Crippen LogP contribution in [0.5, 0.6) is 5.75 Å². The van der Waals surface area contributed by atoms with Crippen molar-refractivity contribution in [1.29, 1.82) is 0 Å². The number of hydrogen-bond acceptors (Lipinski definition) is 4. The molecule has 7 nitrogen and oxygen atoms in total. The number of amides is 2. The summed E-state index contributed by atoms with van der Waals surface area (Å²) in [6.45, 7) is 2.84.